The fourth-order valence-electron chi connectivity index (χ4n) is 2.46. The van der Waals surface area contributed by atoms with Gasteiger partial charge >= 0.3 is 0 Å². The highest BCUT2D eigenvalue weighted by Gasteiger charge is 2.19. The van der Waals surface area contributed by atoms with Crippen LogP contribution in [0.4, 0.5) is 5.13 Å². The molecule has 0 saturated carbocycles. The van der Waals surface area contributed by atoms with E-state index in [1.54, 1.807) is 0 Å². The van der Waals surface area contributed by atoms with E-state index in [1.807, 2.05) is 6.92 Å². The van der Waals surface area contributed by atoms with E-state index in [0.29, 0.717) is 5.13 Å². The van der Waals surface area contributed by atoms with Gasteiger partial charge in [0, 0.05) is 36.5 Å². The van der Waals surface area contributed by atoms with Crippen molar-refractivity contribution >= 4 is 16.5 Å². The van der Waals surface area contributed by atoms with Crippen molar-refractivity contribution < 1.29 is 0 Å². The number of likely N-dealkylation sites (N-methyl/N-ethyl adjacent to an activating group) is 1. The van der Waals surface area contributed by atoms with Gasteiger partial charge in [-0.3, -0.25) is 9.88 Å². The van der Waals surface area contributed by atoms with Crippen LogP contribution in [0.15, 0.2) is 6.07 Å². The number of anilines is 1. The van der Waals surface area contributed by atoms with E-state index in [0.717, 1.165) is 42.3 Å². The average Bonchev–Trinajstić information content (AvgIpc) is 2.84. The Bertz CT molecular complexity index is 607. The number of aromatic nitrogens is 3. The molecule has 0 bridgehead atoms. The van der Waals surface area contributed by atoms with Gasteiger partial charge in [0.15, 0.2) is 5.01 Å². The smallest absolute Gasteiger partial charge is 0.203 e. The molecule has 0 atom stereocenters. The van der Waals surface area contributed by atoms with E-state index < -0.39 is 0 Å². The van der Waals surface area contributed by atoms with E-state index in [9.17, 15) is 0 Å². The Hall–Kier alpha value is -1.53. The first-order valence-electron chi connectivity index (χ1n) is 6.48. The lowest BCUT2D eigenvalue weighted by Crippen LogP contribution is -2.31. The van der Waals surface area contributed by atoms with Crippen LogP contribution in [0.25, 0.3) is 10.6 Å². The summed E-state index contributed by atoms with van der Waals surface area (Å²) in [6, 6.07) is 2.21. The zero-order valence-corrected chi connectivity index (χ0v) is 12.0. The molecule has 2 aromatic heterocycles. The molecule has 0 amide bonds. The molecule has 0 fully saturated rings. The quantitative estimate of drug-likeness (QED) is 0.906. The van der Waals surface area contributed by atoms with Gasteiger partial charge in [-0.25, -0.2) is 0 Å². The van der Waals surface area contributed by atoms with Crippen LogP contribution >= 0.6 is 11.3 Å². The third-order valence-electron chi connectivity index (χ3n) is 3.56. The third kappa shape index (κ3) is 2.33. The number of nitrogens with two attached hydrogens (primary N) is 1. The number of hydrogen-bond donors (Lipinski definition) is 1. The van der Waals surface area contributed by atoms with Gasteiger partial charge in [-0.1, -0.05) is 18.3 Å². The number of nitrogens with zero attached hydrogens (tertiary/aromatic N) is 4. The van der Waals surface area contributed by atoms with Crippen LogP contribution in [0, 0.1) is 6.92 Å². The number of hydrogen-bond acceptors (Lipinski definition) is 6. The second-order valence-electron chi connectivity index (χ2n) is 4.79. The molecule has 6 heteroatoms. The van der Waals surface area contributed by atoms with Crippen LogP contribution in [0.2, 0.25) is 0 Å². The first-order valence-corrected chi connectivity index (χ1v) is 7.30. The number of pyridine rings is 1. The summed E-state index contributed by atoms with van der Waals surface area (Å²) in [5.41, 5.74) is 10.3. The average molecular weight is 275 g/mol. The summed E-state index contributed by atoms with van der Waals surface area (Å²) in [6.45, 7) is 7.37. The van der Waals surface area contributed by atoms with Crippen molar-refractivity contribution in [2.75, 3.05) is 18.8 Å². The van der Waals surface area contributed by atoms with Gasteiger partial charge in [-0.15, -0.1) is 10.2 Å². The molecule has 1 aliphatic rings. The molecule has 100 valence electrons. The summed E-state index contributed by atoms with van der Waals surface area (Å²) in [6.07, 6.45) is 1.03. The minimum Gasteiger partial charge on any atom is -0.374 e. The second kappa shape index (κ2) is 4.86. The molecule has 0 saturated heterocycles. The molecule has 0 aromatic carbocycles. The molecule has 2 N–H and O–H groups in total. The van der Waals surface area contributed by atoms with Crippen molar-refractivity contribution in [2.45, 2.75) is 26.8 Å². The molecule has 5 nitrogen and oxygen atoms in total. The Balaban J connectivity index is 2.03. The normalized spacial score (nSPS) is 15.5. The standard InChI is InChI=1S/C13H17N5S/c1-3-18-5-4-11-9(7-18)6-10(8(2)15-11)12-16-17-13(14)19-12/h6H,3-5,7H2,1-2H3,(H2,14,17). The van der Waals surface area contributed by atoms with E-state index in [1.165, 1.54) is 22.6 Å². The van der Waals surface area contributed by atoms with Crippen LogP contribution in [0.3, 0.4) is 0 Å². The van der Waals surface area contributed by atoms with E-state index in [4.69, 9.17) is 10.7 Å². The molecule has 3 rings (SSSR count). The van der Waals surface area contributed by atoms with Crippen molar-refractivity contribution in [1.82, 2.24) is 20.1 Å². The zero-order valence-electron chi connectivity index (χ0n) is 11.2. The molecule has 0 unspecified atom stereocenters. The largest absolute Gasteiger partial charge is 0.374 e. The van der Waals surface area contributed by atoms with Crippen LogP contribution in [0.1, 0.15) is 23.9 Å². The summed E-state index contributed by atoms with van der Waals surface area (Å²) in [5.74, 6) is 0. The molecule has 19 heavy (non-hydrogen) atoms. The Morgan fingerprint density at radius 1 is 1.42 bits per heavy atom. The predicted molar refractivity (Wildman–Crippen MR) is 76.9 cm³/mol. The third-order valence-corrected chi connectivity index (χ3v) is 4.34. The number of rotatable bonds is 2. The molecule has 3 heterocycles. The molecule has 0 radical (unpaired) electrons. The van der Waals surface area contributed by atoms with Crippen LogP contribution in [-0.4, -0.2) is 33.2 Å². The van der Waals surface area contributed by atoms with E-state index in [2.05, 4.69) is 28.1 Å². The maximum Gasteiger partial charge on any atom is 0.203 e. The molecule has 2 aromatic rings. The summed E-state index contributed by atoms with van der Waals surface area (Å²) in [4.78, 5) is 7.17. The maximum absolute atomic E-state index is 5.66. The lowest BCUT2D eigenvalue weighted by molar-refractivity contribution is 0.265. The molecule has 1 aliphatic heterocycles. The monoisotopic (exact) mass is 275 g/mol. The van der Waals surface area contributed by atoms with Crippen molar-refractivity contribution in [2.24, 2.45) is 0 Å². The topological polar surface area (TPSA) is 67.9 Å². The lowest BCUT2D eigenvalue weighted by atomic mass is 10.0. The number of aryl methyl sites for hydroxylation is 1. The van der Waals surface area contributed by atoms with Crippen molar-refractivity contribution in [1.29, 1.82) is 0 Å². The zero-order chi connectivity index (χ0) is 13.4. The van der Waals surface area contributed by atoms with Gasteiger partial charge in [-0.2, -0.15) is 0 Å². The number of fused-ring (bicyclic) bond motifs is 1. The fraction of sp³-hybridized carbons (Fsp3) is 0.462. The predicted octanol–water partition coefficient (Wildman–Crippen LogP) is 1.87. The van der Waals surface area contributed by atoms with Gasteiger partial charge in [0.2, 0.25) is 5.13 Å². The van der Waals surface area contributed by atoms with Gasteiger partial charge in [0.25, 0.3) is 0 Å². The Labute approximate surface area is 116 Å². The van der Waals surface area contributed by atoms with Gasteiger partial charge in [0.1, 0.15) is 0 Å². The summed E-state index contributed by atoms with van der Waals surface area (Å²) in [5, 5.41) is 9.37. The first kappa shape index (κ1) is 12.5. The number of nitrogen functional groups attached to an aromatic ring is 1. The molecular formula is C13H17N5S. The van der Waals surface area contributed by atoms with Crippen LogP contribution in [0.5, 0.6) is 0 Å². The molecule has 0 spiro atoms. The van der Waals surface area contributed by atoms with Crippen molar-refractivity contribution in [3.05, 3.63) is 23.0 Å². The lowest BCUT2D eigenvalue weighted by Gasteiger charge is -2.27. The van der Waals surface area contributed by atoms with Crippen molar-refractivity contribution in [3.63, 3.8) is 0 Å². The van der Waals surface area contributed by atoms with E-state index >= 15 is 0 Å². The summed E-state index contributed by atoms with van der Waals surface area (Å²) in [7, 11) is 0. The molecule has 0 aliphatic carbocycles. The van der Waals surface area contributed by atoms with Crippen LogP contribution < -0.4 is 5.73 Å². The maximum atomic E-state index is 5.66. The van der Waals surface area contributed by atoms with Gasteiger partial charge in [-0.05, 0) is 25.1 Å². The highest BCUT2D eigenvalue weighted by molar-refractivity contribution is 7.18. The molecular weight excluding hydrogens is 258 g/mol. The Morgan fingerprint density at radius 2 is 2.26 bits per heavy atom. The van der Waals surface area contributed by atoms with E-state index in [-0.39, 0.29) is 0 Å². The minimum atomic E-state index is 0.502. The summed E-state index contributed by atoms with van der Waals surface area (Å²) >= 11 is 1.41. The highest BCUT2D eigenvalue weighted by Crippen LogP contribution is 2.30. The van der Waals surface area contributed by atoms with Crippen molar-refractivity contribution in [3.8, 4) is 10.6 Å². The SMILES string of the molecule is CCN1CCc2nc(C)c(-c3nnc(N)s3)cc2C1. The summed E-state index contributed by atoms with van der Waals surface area (Å²) < 4.78 is 0. The van der Waals surface area contributed by atoms with Gasteiger partial charge < -0.3 is 5.73 Å². The highest BCUT2D eigenvalue weighted by atomic mass is 32.1. The van der Waals surface area contributed by atoms with Crippen LogP contribution in [-0.2, 0) is 13.0 Å². The fourth-order valence-corrected chi connectivity index (χ4v) is 3.14. The first-order chi connectivity index (χ1) is 9.17. The second-order valence-corrected chi connectivity index (χ2v) is 5.80. The van der Waals surface area contributed by atoms with Gasteiger partial charge in [0.05, 0.1) is 0 Å². The Kier molecular flexibility index (Phi) is 3.20. The minimum absolute atomic E-state index is 0.502. The Morgan fingerprint density at radius 3 is 2.95 bits per heavy atom.